The molecule has 0 aliphatic heterocycles. The number of ether oxygens (including phenoxy) is 1. The van der Waals surface area contributed by atoms with Gasteiger partial charge in [-0.3, -0.25) is 0 Å². The van der Waals surface area contributed by atoms with Crippen LogP contribution in [0.15, 0.2) is 36.5 Å². The molecule has 0 fully saturated rings. The standard InChI is InChI=1S/C15H14ClN3O/c1-20-10-12-4-2-3-11(7-12)9-19-15-14(16)13(8-17)5-6-18-15/h2-7H,9-10H2,1H3,(H,18,19). The number of nitriles is 1. The van der Waals surface area contributed by atoms with Crippen LogP contribution < -0.4 is 5.32 Å². The summed E-state index contributed by atoms with van der Waals surface area (Å²) in [5.41, 5.74) is 2.62. The molecule has 0 atom stereocenters. The molecule has 0 aliphatic rings. The molecular formula is C15H14ClN3O. The molecule has 4 nitrogen and oxygen atoms in total. The van der Waals surface area contributed by atoms with Gasteiger partial charge in [-0.15, -0.1) is 0 Å². The molecule has 20 heavy (non-hydrogen) atoms. The van der Waals surface area contributed by atoms with E-state index in [4.69, 9.17) is 21.6 Å². The number of nitrogens with zero attached hydrogens (tertiary/aromatic N) is 2. The minimum Gasteiger partial charge on any atom is -0.380 e. The zero-order valence-corrected chi connectivity index (χ0v) is 11.8. The molecule has 0 saturated carbocycles. The lowest BCUT2D eigenvalue weighted by atomic mass is 10.1. The number of aromatic nitrogens is 1. The van der Waals surface area contributed by atoms with Crippen LogP contribution in [0, 0.1) is 11.3 Å². The average molecular weight is 288 g/mol. The third-order valence-electron chi connectivity index (χ3n) is 2.77. The molecule has 0 saturated heterocycles. The molecule has 0 radical (unpaired) electrons. The fraction of sp³-hybridized carbons (Fsp3) is 0.200. The van der Waals surface area contributed by atoms with Gasteiger partial charge in [0.2, 0.25) is 0 Å². The summed E-state index contributed by atoms with van der Waals surface area (Å²) in [4.78, 5) is 4.14. The Balaban J connectivity index is 2.09. The molecule has 1 aromatic carbocycles. The van der Waals surface area contributed by atoms with E-state index in [0.29, 0.717) is 29.6 Å². The second-order valence-corrected chi connectivity index (χ2v) is 4.62. The van der Waals surface area contributed by atoms with Crippen molar-refractivity contribution in [2.75, 3.05) is 12.4 Å². The summed E-state index contributed by atoms with van der Waals surface area (Å²) < 4.78 is 5.11. The van der Waals surface area contributed by atoms with Crippen LogP contribution >= 0.6 is 11.6 Å². The minimum absolute atomic E-state index is 0.350. The smallest absolute Gasteiger partial charge is 0.146 e. The maximum atomic E-state index is 8.92. The molecule has 0 bridgehead atoms. The van der Waals surface area contributed by atoms with E-state index in [1.807, 2.05) is 24.3 Å². The molecule has 0 amide bonds. The van der Waals surface area contributed by atoms with Crippen molar-refractivity contribution in [2.45, 2.75) is 13.2 Å². The van der Waals surface area contributed by atoms with E-state index in [9.17, 15) is 0 Å². The largest absolute Gasteiger partial charge is 0.380 e. The molecule has 2 aromatic rings. The third kappa shape index (κ3) is 3.47. The van der Waals surface area contributed by atoms with E-state index in [1.54, 1.807) is 19.4 Å². The molecule has 1 aromatic heterocycles. The van der Waals surface area contributed by atoms with Crippen molar-refractivity contribution in [3.05, 3.63) is 58.2 Å². The fourth-order valence-electron chi connectivity index (χ4n) is 1.84. The van der Waals surface area contributed by atoms with Crippen LogP contribution in [0.5, 0.6) is 0 Å². The molecule has 5 heteroatoms. The van der Waals surface area contributed by atoms with Crippen molar-refractivity contribution in [2.24, 2.45) is 0 Å². The SMILES string of the molecule is COCc1cccc(CNc2nccc(C#N)c2Cl)c1. The zero-order valence-electron chi connectivity index (χ0n) is 11.1. The van der Waals surface area contributed by atoms with E-state index in [0.717, 1.165) is 11.1 Å². The van der Waals surface area contributed by atoms with Gasteiger partial charge in [0.25, 0.3) is 0 Å². The Morgan fingerprint density at radius 2 is 2.15 bits per heavy atom. The van der Waals surface area contributed by atoms with Crippen LogP contribution in [0.3, 0.4) is 0 Å². The predicted molar refractivity (Wildman–Crippen MR) is 78.4 cm³/mol. The number of hydrogen-bond acceptors (Lipinski definition) is 4. The Morgan fingerprint density at radius 1 is 1.35 bits per heavy atom. The van der Waals surface area contributed by atoms with Crippen molar-refractivity contribution >= 4 is 17.4 Å². The molecule has 102 valence electrons. The van der Waals surface area contributed by atoms with Crippen LogP contribution in [-0.2, 0) is 17.9 Å². The van der Waals surface area contributed by atoms with E-state index < -0.39 is 0 Å². The van der Waals surface area contributed by atoms with Crippen molar-refractivity contribution in [3.63, 3.8) is 0 Å². The van der Waals surface area contributed by atoms with Gasteiger partial charge in [0.15, 0.2) is 0 Å². The first-order valence-corrected chi connectivity index (χ1v) is 6.47. The van der Waals surface area contributed by atoms with E-state index in [2.05, 4.69) is 16.4 Å². The Labute approximate surface area is 123 Å². The number of halogens is 1. The topological polar surface area (TPSA) is 57.9 Å². The summed E-state index contributed by atoms with van der Waals surface area (Å²) in [7, 11) is 1.67. The number of pyridine rings is 1. The van der Waals surface area contributed by atoms with Gasteiger partial charge in [0.05, 0.1) is 12.2 Å². The molecule has 1 heterocycles. The maximum Gasteiger partial charge on any atom is 0.146 e. The highest BCUT2D eigenvalue weighted by atomic mass is 35.5. The molecule has 2 rings (SSSR count). The summed E-state index contributed by atoms with van der Waals surface area (Å²) in [6.07, 6.45) is 1.56. The van der Waals surface area contributed by atoms with Gasteiger partial charge in [-0.1, -0.05) is 35.9 Å². The van der Waals surface area contributed by atoms with Gasteiger partial charge in [-0.25, -0.2) is 4.98 Å². The first-order chi connectivity index (χ1) is 9.74. The van der Waals surface area contributed by atoms with Gasteiger partial charge < -0.3 is 10.1 Å². The van der Waals surface area contributed by atoms with Gasteiger partial charge in [-0.2, -0.15) is 5.26 Å². The van der Waals surface area contributed by atoms with Gasteiger partial charge in [-0.05, 0) is 17.2 Å². The van der Waals surface area contributed by atoms with Gasteiger partial charge in [0, 0.05) is 19.9 Å². The van der Waals surface area contributed by atoms with Crippen LogP contribution in [0.1, 0.15) is 16.7 Å². The van der Waals surface area contributed by atoms with Crippen molar-refractivity contribution in [3.8, 4) is 6.07 Å². The number of nitrogens with one attached hydrogen (secondary N) is 1. The fourth-order valence-corrected chi connectivity index (χ4v) is 2.06. The van der Waals surface area contributed by atoms with Crippen LogP contribution in [-0.4, -0.2) is 12.1 Å². The first kappa shape index (κ1) is 14.3. The van der Waals surface area contributed by atoms with Gasteiger partial charge >= 0.3 is 0 Å². The van der Waals surface area contributed by atoms with E-state index >= 15 is 0 Å². The highest BCUT2D eigenvalue weighted by Crippen LogP contribution is 2.23. The summed E-state index contributed by atoms with van der Waals surface area (Å²) in [6.45, 7) is 1.16. The first-order valence-electron chi connectivity index (χ1n) is 6.10. The van der Waals surface area contributed by atoms with Crippen molar-refractivity contribution in [1.29, 1.82) is 5.26 Å². The summed E-state index contributed by atoms with van der Waals surface area (Å²) in [5.74, 6) is 0.517. The molecule has 0 spiro atoms. The van der Waals surface area contributed by atoms with E-state index in [1.165, 1.54) is 0 Å². The Bertz CT molecular complexity index is 637. The number of anilines is 1. The Morgan fingerprint density at radius 3 is 2.90 bits per heavy atom. The van der Waals surface area contributed by atoms with Gasteiger partial charge in [0.1, 0.15) is 16.9 Å². The van der Waals surface area contributed by atoms with Crippen LogP contribution in [0.4, 0.5) is 5.82 Å². The molecule has 0 unspecified atom stereocenters. The molecular weight excluding hydrogens is 274 g/mol. The highest BCUT2D eigenvalue weighted by molar-refractivity contribution is 6.34. The lowest BCUT2D eigenvalue weighted by Gasteiger charge is -2.09. The highest BCUT2D eigenvalue weighted by Gasteiger charge is 2.06. The van der Waals surface area contributed by atoms with Crippen LogP contribution in [0.2, 0.25) is 5.02 Å². The number of hydrogen-bond donors (Lipinski definition) is 1. The molecule has 1 N–H and O–H groups in total. The predicted octanol–water partition coefficient (Wildman–Crippen LogP) is 3.37. The lowest BCUT2D eigenvalue weighted by molar-refractivity contribution is 0.185. The summed E-state index contributed by atoms with van der Waals surface area (Å²) in [5, 5.41) is 12.4. The maximum absolute atomic E-state index is 8.92. The monoisotopic (exact) mass is 287 g/mol. The van der Waals surface area contributed by atoms with E-state index in [-0.39, 0.29) is 0 Å². The normalized spacial score (nSPS) is 10.1. The second-order valence-electron chi connectivity index (χ2n) is 4.24. The zero-order chi connectivity index (χ0) is 14.4. The quantitative estimate of drug-likeness (QED) is 0.916. The van der Waals surface area contributed by atoms with Crippen LogP contribution in [0.25, 0.3) is 0 Å². The lowest BCUT2D eigenvalue weighted by Crippen LogP contribution is -2.03. The second kappa shape index (κ2) is 6.90. The molecule has 0 aliphatic carbocycles. The van der Waals surface area contributed by atoms with Crippen molar-refractivity contribution in [1.82, 2.24) is 4.98 Å². The number of rotatable bonds is 5. The minimum atomic E-state index is 0.350. The summed E-state index contributed by atoms with van der Waals surface area (Å²) in [6, 6.07) is 11.7. The van der Waals surface area contributed by atoms with Crippen molar-refractivity contribution < 1.29 is 4.74 Å². The summed E-state index contributed by atoms with van der Waals surface area (Å²) >= 11 is 6.09. The number of benzene rings is 1. The third-order valence-corrected chi connectivity index (χ3v) is 3.15. The Hall–Kier alpha value is -2.09. The Kier molecular flexibility index (Phi) is 4.94. The average Bonchev–Trinajstić information content (AvgIpc) is 2.47. The number of methoxy groups -OCH3 is 1.